The number of likely N-dealkylation sites (N-methyl/N-ethyl adjacent to an activating group) is 1. The first-order chi connectivity index (χ1) is 19.9. The van der Waals surface area contributed by atoms with Gasteiger partial charge in [-0.25, -0.2) is 13.2 Å². The Morgan fingerprint density at radius 1 is 1.09 bits per heavy atom. The van der Waals surface area contributed by atoms with Gasteiger partial charge < -0.3 is 20.6 Å². The first-order valence-corrected chi connectivity index (χ1v) is 14.7. The summed E-state index contributed by atoms with van der Waals surface area (Å²) in [5, 5.41) is 12.6. The zero-order chi connectivity index (χ0) is 32.4. The van der Waals surface area contributed by atoms with Gasteiger partial charge in [0.2, 0.25) is 5.91 Å². The van der Waals surface area contributed by atoms with Crippen molar-refractivity contribution in [2.24, 2.45) is 4.99 Å². The summed E-state index contributed by atoms with van der Waals surface area (Å²) in [6, 6.07) is 10.2. The fourth-order valence-corrected chi connectivity index (χ4v) is 5.34. The second-order valence-electron chi connectivity index (χ2n) is 9.23. The second-order valence-corrected chi connectivity index (χ2v) is 11.6. The Kier molecular flexibility index (Phi) is 12.8. The van der Waals surface area contributed by atoms with Crippen molar-refractivity contribution < 1.29 is 49.5 Å². The molecule has 0 saturated heterocycles. The van der Waals surface area contributed by atoms with Crippen LogP contribution in [0.15, 0.2) is 52.4 Å². The summed E-state index contributed by atoms with van der Waals surface area (Å²) in [5.74, 6) is -2.42. The SMILES string of the molecule is CN(CCc1ccc(C2=NCCN2)cc1)C(=O)CCCNCS(=O)(=O)c1ccc(C(F)(F)F)cc1Cl.O=C(O)C(F)(F)F. The number of amidine groups is 1. The van der Waals surface area contributed by atoms with E-state index in [1.807, 2.05) is 24.3 Å². The lowest BCUT2D eigenvalue weighted by molar-refractivity contribution is -0.192. The number of hydrogen-bond donors (Lipinski definition) is 3. The Labute approximate surface area is 248 Å². The van der Waals surface area contributed by atoms with Gasteiger partial charge in [-0.2, -0.15) is 26.3 Å². The molecule has 0 unspecified atom stereocenters. The number of rotatable bonds is 11. The van der Waals surface area contributed by atoms with Crippen LogP contribution < -0.4 is 10.6 Å². The molecule has 2 aromatic rings. The first kappa shape index (κ1) is 35.8. The fourth-order valence-electron chi connectivity index (χ4n) is 3.61. The molecule has 3 rings (SSSR count). The molecule has 238 valence electrons. The van der Waals surface area contributed by atoms with Crippen molar-refractivity contribution in [3.63, 3.8) is 0 Å². The maximum absolute atomic E-state index is 12.8. The van der Waals surface area contributed by atoms with E-state index in [-0.39, 0.29) is 23.8 Å². The molecule has 0 radical (unpaired) electrons. The Balaban J connectivity index is 0.000000821. The summed E-state index contributed by atoms with van der Waals surface area (Å²) in [5.41, 5.74) is 1.12. The fraction of sp³-hybridized carbons (Fsp3) is 0.423. The molecule has 0 fully saturated rings. The molecule has 1 amide bonds. The number of aliphatic carboxylic acids is 1. The maximum Gasteiger partial charge on any atom is 0.490 e. The van der Waals surface area contributed by atoms with E-state index in [1.165, 1.54) is 0 Å². The summed E-state index contributed by atoms with van der Waals surface area (Å²) >= 11 is 5.78. The topological polar surface area (TPSA) is 128 Å². The van der Waals surface area contributed by atoms with Gasteiger partial charge in [-0.05, 0) is 43.1 Å². The summed E-state index contributed by atoms with van der Waals surface area (Å²) in [4.78, 5) is 26.9. The summed E-state index contributed by atoms with van der Waals surface area (Å²) in [6.07, 6.45) is -8.36. The highest BCUT2D eigenvalue weighted by atomic mass is 35.5. The molecule has 2 aromatic carbocycles. The molecule has 0 bridgehead atoms. The summed E-state index contributed by atoms with van der Waals surface area (Å²) in [7, 11) is -2.21. The minimum atomic E-state index is -5.08. The molecule has 1 aliphatic heterocycles. The number of carbonyl (C=O) groups is 2. The Morgan fingerprint density at radius 2 is 1.72 bits per heavy atom. The van der Waals surface area contributed by atoms with Crippen LogP contribution in [0.25, 0.3) is 0 Å². The van der Waals surface area contributed by atoms with Gasteiger partial charge in [0.15, 0.2) is 9.84 Å². The third-order valence-electron chi connectivity index (χ3n) is 5.94. The number of benzene rings is 2. The van der Waals surface area contributed by atoms with Gasteiger partial charge in [0.25, 0.3) is 0 Å². The van der Waals surface area contributed by atoms with E-state index in [0.29, 0.717) is 31.5 Å². The van der Waals surface area contributed by atoms with E-state index >= 15 is 0 Å². The molecule has 1 heterocycles. The van der Waals surface area contributed by atoms with Crippen LogP contribution in [-0.2, 0) is 32.0 Å². The maximum atomic E-state index is 12.8. The number of halogens is 7. The van der Waals surface area contributed by atoms with E-state index in [1.54, 1.807) is 11.9 Å². The Hall–Kier alpha value is -3.37. The number of nitrogens with one attached hydrogen (secondary N) is 2. The quantitative estimate of drug-likeness (QED) is 0.245. The van der Waals surface area contributed by atoms with Gasteiger partial charge in [-0.3, -0.25) is 9.79 Å². The van der Waals surface area contributed by atoms with Gasteiger partial charge in [-0.1, -0.05) is 35.9 Å². The van der Waals surface area contributed by atoms with Crippen molar-refractivity contribution >= 4 is 39.2 Å². The minimum Gasteiger partial charge on any atom is -0.475 e. The molecule has 0 atom stereocenters. The van der Waals surface area contributed by atoms with E-state index in [9.17, 15) is 39.6 Å². The average Bonchev–Trinajstić information content (AvgIpc) is 3.46. The number of hydrogen-bond acceptors (Lipinski definition) is 7. The largest absolute Gasteiger partial charge is 0.490 e. The van der Waals surface area contributed by atoms with Gasteiger partial charge in [-0.15, -0.1) is 0 Å². The molecule has 43 heavy (non-hydrogen) atoms. The lowest BCUT2D eigenvalue weighted by Crippen LogP contribution is -2.30. The van der Waals surface area contributed by atoms with Gasteiger partial charge in [0.05, 0.1) is 22.0 Å². The third kappa shape index (κ3) is 11.7. The first-order valence-electron chi connectivity index (χ1n) is 12.6. The Morgan fingerprint density at radius 3 is 2.23 bits per heavy atom. The molecular weight excluding hydrogens is 630 g/mol. The van der Waals surface area contributed by atoms with Crippen LogP contribution in [0, 0.1) is 0 Å². The van der Waals surface area contributed by atoms with Crippen LogP contribution in [-0.4, -0.2) is 81.4 Å². The third-order valence-corrected chi connectivity index (χ3v) is 7.97. The predicted molar refractivity (Wildman–Crippen MR) is 147 cm³/mol. The van der Waals surface area contributed by atoms with Gasteiger partial charge in [0, 0.05) is 32.1 Å². The van der Waals surface area contributed by atoms with Crippen molar-refractivity contribution in [3.8, 4) is 0 Å². The zero-order valence-electron chi connectivity index (χ0n) is 22.7. The number of carboxylic acids is 1. The number of sulfone groups is 1. The van der Waals surface area contributed by atoms with Crippen LogP contribution in [0.2, 0.25) is 5.02 Å². The number of aliphatic imine (C=N–C) groups is 1. The van der Waals surface area contributed by atoms with Crippen molar-refractivity contribution in [3.05, 3.63) is 64.2 Å². The summed E-state index contributed by atoms with van der Waals surface area (Å²) in [6.45, 7) is 2.42. The highest BCUT2D eigenvalue weighted by Gasteiger charge is 2.38. The number of carboxylic acid groups (broad SMARTS) is 1. The molecular formula is C26H29ClF6N4O5S. The Bertz CT molecular complexity index is 1400. The van der Waals surface area contributed by atoms with Crippen molar-refractivity contribution in [2.45, 2.75) is 36.5 Å². The molecule has 0 aliphatic carbocycles. The molecule has 0 spiro atoms. The van der Waals surface area contributed by atoms with Gasteiger partial charge in [0.1, 0.15) is 11.7 Å². The van der Waals surface area contributed by atoms with Crippen molar-refractivity contribution in [2.75, 3.05) is 39.1 Å². The lowest BCUT2D eigenvalue weighted by atomic mass is 10.1. The lowest BCUT2D eigenvalue weighted by Gasteiger charge is -2.17. The smallest absolute Gasteiger partial charge is 0.475 e. The normalized spacial score (nSPS) is 13.4. The number of alkyl halides is 6. The van der Waals surface area contributed by atoms with Crippen LogP contribution >= 0.6 is 11.6 Å². The highest BCUT2D eigenvalue weighted by molar-refractivity contribution is 7.91. The minimum absolute atomic E-state index is 0.0634. The number of carbonyl (C=O) groups excluding carboxylic acids is 1. The molecule has 1 aliphatic rings. The number of amides is 1. The van der Waals surface area contributed by atoms with Crippen molar-refractivity contribution in [1.82, 2.24) is 15.5 Å². The molecule has 0 aromatic heterocycles. The average molecular weight is 659 g/mol. The van der Waals surface area contributed by atoms with Crippen LogP contribution in [0.3, 0.4) is 0 Å². The molecule has 3 N–H and O–H groups in total. The van der Waals surface area contributed by atoms with Gasteiger partial charge >= 0.3 is 18.3 Å². The van der Waals surface area contributed by atoms with E-state index < -0.39 is 44.6 Å². The standard InChI is InChI=1S/C24H28ClF3N4O3S.C2HF3O2/c1-32(14-10-17-4-6-18(7-5-17)23-30-12-13-31-23)22(33)3-2-11-29-16-36(34,35)21-9-8-19(15-20(21)25)24(26,27)28;3-2(4,5)1(6)7/h4-9,15,29H,2-3,10-14,16H2,1H3,(H,30,31);(H,6,7). The van der Waals surface area contributed by atoms with E-state index in [2.05, 4.69) is 15.6 Å². The molecule has 0 saturated carbocycles. The molecule has 17 heteroatoms. The summed E-state index contributed by atoms with van der Waals surface area (Å²) < 4.78 is 94.8. The van der Waals surface area contributed by atoms with E-state index in [4.69, 9.17) is 21.5 Å². The molecule has 9 nitrogen and oxygen atoms in total. The highest BCUT2D eigenvalue weighted by Crippen LogP contribution is 2.33. The van der Waals surface area contributed by atoms with Crippen LogP contribution in [0.5, 0.6) is 0 Å². The van der Waals surface area contributed by atoms with Crippen molar-refractivity contribution in [1.29, 1.82) is 0 Å². The second kappa shape index (κ2) is 15.4. The van der Waals surface area contributed by atoms with Crippen LogP contribution in [0.4, 0.5) is 26.3 Å². The van der Waals surface area contributed by atoms with Crippen LogP contribution in [0.1, 0.15) is 29.5 Å². The predicted octanol–water partition coefficient (Wildman–Crippen LogP) is 4.14. The zero-order valence-corrected chi connectivity index (χ0v) is 24.3. The monoisotopic (exact) mass is 658 g/mol. The van der Waals surface area contributed by atoms with E-state index in [0.717, 1.165) is 36.1 Å². The number of nitrogens with zero attached hydrogens (tertiary/aromatic N) is 2.